The van der Waals surface area contributed by atoms with Crippen molar-refractivity contribution >= 4 is 17.5 Å². The summed E-state index contributed by atoms with van der Waals surface area (Å²) in [7, 11) is 0. The number of carbonyl (C=O) groups excluding carboxylic acids is 1. The molecule has 1 fully saturated rings. The van der Waals surface area contributed by atoms with Crippen LogP contribution in [0.15, 0.2) is 48.5 Å². The third kappa shape index (κ3) is 4.82. The first-order valence-corrected chi connectivity index (χ1v) is 9.18. The molecule has 0 radical (unpaired) electrons. The Morgan fingerprint density at radius 1 is 1.07 bits per heavy atom. The summed E-state index contributed by atoms with van der Waals surface area (Å²) in [6, 6.07) is 12.5. The number of amides is 1. The minimum absolute atomic E-state index is 0.172. The largest absolute Gasteiger partial charge is 0.417 e. The SMILES string of the molecule is O=C(N[C@H](CN1CCCC1)c1ccccc1)c1cccc(C(F)(F)F)c1Cl. The molecule has 144 valence electrons. The minimum atomic E-state index is -4.61. The second kappa shape index (κ2) is 8.31. The molecule has 1 heterocycles. The van der Waals surface area contributed by atoms with Crippen LogP contribution in [0, 0.1) is 0 Å². The molecule has 1 amide bonds. The molecule has 0 unspecified atom stereocenters. The van der Waals surface area contributed by atoms with Gasteiger partial charge in [-0.25, -0.2) is 0 Å². The van der Waals surface area contributed by atoms with E-state index in [0.29, 0.717) is 6.54 Å². The van der Waals surface area contributed by atoms with Crippen molar-refractivity contribution < 1.29 is 18.0 Å². The van der Waals surface area contributed by atoms with E-state index in [4.69, 9.17) is 11.6 Å². The fourth-order valence-electron chi connectivity index (χ4n) is 3.31. The Morgan fingerprint density at radius 2 is 1.74 bits per heavy atom. The fraction of sp³-hybridized carbons (Fsp3) is 0.350. The number of hydrogen-bond donors (Lipinski definition) is 1. The zero-order valence-electron chi connectivity index (χ0n) is 14.6. The van der Waals surface area contributed by atoms with Crippen LogP contribution < -0.4 is 5.32 Å². The van der Waals surface area contributed by atoms with Gasteiger partial charge in [0.15, 0.2) is 0 Å². The van der Waals surface area contributed by atoms with Gasteiger partial charge in [-0.1, -0.05) is 48.0 Å². The zero-order valence-corrected chi connectivity index (χ0v) is 15.4. The molecule has 2 aromatic rings. The number of benzene rings is 2. The van der Waals surface area contributed by atoms with E-state index in [1.165, 1.54) is 12.1 Å². The third-order valence-electron chi connectivity index (χ3n) is 4.70. The summed E-state index contributed by atoms with van der Waals surface area (Å²) in [5.74, 6) is -0.612. The van der Waals surface area contributed by atoms with Gasteiger partial charge in [0.05, 0.1) is 22.2 Å². The molecule has 2 aromatic carbocycles. The van der Waals surface area contributed by atoms with Crippen LogP contribution in [0.4, 0.5) is 13.2 Å². The molecule has 1 atom stereocenters. The first-order valence-electron chi connectivity index (χ1n) is 8.80. The Balaban J connectivity index is 1.84. The molecule has 1 aliphatic rings. The lowest BCUT2D eigenvalue weighted by molar-refractivity contribution is -0.137. The van der Waals surface area contributed by atoms with Gasteiger partial charge in [-0.05, 0) is 43.6 Å². The topological polar surface area (TPSA) is 32.3 Å². The van der Waals surface area contributed by atoms with E-state index in [1.807, 2.05) is 30.3 Å². The van der Waals surface area contributed by atoms with Crippen molar-refractivity contribution in [2.75, 3.05) is 19.6 Å². The summed E-state index contributed by atoms with van der Waals surface area (Å²) >= 11 is 5.90. The normalized spacial score (nSPS) is 16.3. The number of likely N-dealkylation sites (tertiary alicyclic amines) is 1. The highest BCUT2D eigenvalue weighted by molar-refractivity contribution is 6.34. The van der Waals surface area contributed by atoms with Gasteiger partial charge in [-0.15, -0.1) is 0 Å². The molecule has 27 heavy (non-hydrogen) atoms. The van der Waals surface area contributed by atoms with Gasteiger partial charge in [0, 0.05) is 6.54 Å². The van der Waals surface area contributed by atoms with Gasteiger partial charge < -0.3 is 10.2 Å². The van der Waals surface area contributed by atoms with Crippen LogP contribution in [-0.2, 0) is 6.18 Å². The number of hydrogen-bond acceptors (Lipinski definition) is 2. The van der Waals surface area contributed by atoms with E-state index in [2.05, 4.69) is 10.2 Å². The van der Waals surface area contributed by atoms with Gasteiger partial charge in [0.25, 0.3) is 5.91 Å². The molecular formula is C20H20ClF3N2O. The van der Waals surface area contributed by atoms with Gasteiger partial charge in [0.1, 0.15) is 0 Å². The van der Waals surface area contributed by atoms with Crippen LogP contribution in [-0.4, -0.2) is 30.4 Å². The maximum Gasteiger partial charge on any atom is 0.417 e. The van der Waals surface area contributed by atoms with Gasteiger partial charge in [0.2, 0.25) is 0 Å². The smallest absolute Gasteiger partial charge is 0.344 e. The van der Waals surface area contributed by atoms with E-state index in [-0.39, 0.29) is 11.6 Å². The molecule has 1 saturated heterocycles. The standard InChI is InChI=1S/C20H20ClF3N2O/c21-18-15(9-6-10-16(18)20(22,23)24)19(27)25-17(13-26-11-4-5-12-26)14-7-2-1-3-8-14/h1-3,6-10,17H,4-5,11-13H2,(H,25,27)/t17-/m1/s1. The van der Waals surface area contributed by atoms with Crippen molar-refractivity contribution in [2.45, 2.75) is 25.1 Å². The van der Waals surface area contributed by atoms with Crippen molar-refractivity contribution in [3.8, 4) is 0 Å². The Labute approximate surface area is 161 Å². The molecule has 1 aliphatic heterocycles. The average Bonchev–Trinajstić information content (AvgIpc) is 3.14. The maximum absolute atomic E-state index is 13.1. The molecule has 7 heteroatoms. The number of carbonyl (C=O) groups is 1. The summed E-state index contributed by atoms with van der Waals surface area (Å²) in [6.45, 7) is 2.50. The average molecular weight is 397 g/mol. The van der Waals surface area contributed by atoms with Crippen molar-refractivity contribution in [1.29, 1.82) is 0 Å². The number of nitrogens with one attached hydrogen (secondary N) is 1. The van der Waals surface area contributed by atoms with Crippen LogP contribution >= 0.6 is 11.6 Å². The van der Waals surface area contributed by atoms with Crippen molar-refractivity contribution in [3.05, 3.63) is 70.2 Å². The fourth-order valence-corrected chi connectivity index (χ4v) is 3.62. The van der Waals surface area contributed by atoms with Gasteiger partial charge in [-0.3, -0.25) is 4.79 Å². The summed E-state index contributed by atoms with van der Waals surface area (Å²) in [5.41, 5.74) is -0.276. The Kier molecular flexibility index (Phi) is 6.07. The van der Waals surface area contributed by atoms with Gasteiger partial charge in [-0.2, -0.15) is 13.2 Å². The highest BCUT2D eigenvalue weighted by Crippen LogP contribution is 2.36. The molecule has 0 aromatic heterocycles. The van der Waals surface area contributed by atoms with Crippen molar-refractivity contribution in [3.63, 3.8) is 0 Å². The molecule has 0 saturated carbocycles. The summed E-state index contributed by atoms with van der Waals surface area (Å²) in [6.07, 6.45) is -2.40. The number of alkyl halides is 3. The lowest BCUT2D eigenvalue weighted by atomic mass is 10.0. The van der Waals surface area contributed by atoms with Crippen molar-refractivity contribution in [1.82, 2.24) is 10.2 Å². The van der Waals surface area contributed by atoms with E-state index in [0.717, 1.165) is 37.6 Å². The molecular weight excluding hydrogens is 377 g/mol. The predicted octanol–water partition coefficient (Wildman–Crippen LogP) is 4.93. The lowest BCUT2D eigenvalue weighted by Gasteiger charge is -2.25. The highest BCUT2D eigenvalue weighted by atomic mass is 35.5. The van der Waals surface area contributed by atoms with Crippen LogP contribution in [0.25, 0.3) is 0 Å². The molecule has 1 N–H and O–H groups in total. The first-order chi connectivity index (χ1) is 12.9. The Morgan fingerprint density at radius 3 is 2.37 bits per heavy atom. The molecule has 0 aliphatic carbocycles. The van der Waals surface area contributed by atoms with Gasteiger partial charge >= 0.3 is 6.18 Å². The minimum Gasteiger partial charge on any atom is -0.344 e. The predicted molar refractivity (Wildman–Crippen MR) is 98.8 cm³/mol. The summed E-state index contributed by atoms with van der Waals surface area (Å²) < 4.78 is 39.2. The molecule has 0 bridgehead atoms. The molecule has 0 spiro atoms. The number of halogens is 4. The van der Waals surface area contributed by atoms with E-state index >= 15 is 0 Å². The second-order valence-electron chi connectivity index (χ2n) is 6.61. The number of nitrogens with zero attached hydrogens (tertiary/aromatic N) is 1. The first kappa shape index (κ1) is 19.7. The zero-order chi connectivity index (χ0) is 19.4. The van der Waals surface area contributed by atoms with Crippen LogP contribution in [0.5, 0.6) is 0 Å². The van der Waals surface area contributed by atoms with Crippen LogP contribution in [0.2, 0.25) is 5.02 Å². The van der Waals surface area contributed by atoms with Crippen LogP contribution in [0.1, 0.15) is 40.4 Å². The highest BCUT2D eigenvalue weighted by Gasteiger charge is 2.35. The van der Waals surface area contributed by atoms with Crippen LogP contribution in [0.3, 0.4) is 0 Å². The summed E-state index contributed by atoms with van der Waals surface area (Å²) in [4.78, 5) is 15.0. The summed E-state index contributed by atoms with van der Waals surface area (Å²) in [5, 5.41) is 2.29. The third-order valence-corrected chi connectivity index (χ3v) is 5.10. The molecule has 3 rings (SSSR count). The Bertz CT molecular complexity index is 790. The van der Waals surface area contributed by atoms with E-state index < -0.39 is 22.7 Å². The second-order valence-corrected chi connectivity index (χ2v) is 6.99. The van der Waals surface area contributed by atoms with E-state index in [1.54, 1.807) is 0 Å². The van der Waals surface area contributed by atoms with E-state index in [9.17, 15) is 18.0 Å². The monoisotopic (exact) mass is 396 g/mol. The number of rotatable bonds is 5. The Hall–Kier alpha value is -2.05. The van der Waals surface area contributed by atoms with Crippen molar-refractivity contribution in [2.24, 2.45) is 0 Å². The lowest BCUT2D eigenvalue weighted by Crippen LogP contribution is -2.37. The quantitative estimate of drug-likeness (QED) is 0.777. The maximum atomic E-state index is 13.1. The molecule has 3 nitrogen and oxygen atoms in total.